The molecule has 0 fully saturated rings. The summed E-state index contributed by atoms with van der Waals surface area (Å²) in [5, 5.41) is 4.67. The highest BCUT2D eigenvalue weighted by atomic mass is 16.3. The average molecular weight is 267 g/mol. The molecule has 0 bridgehead atoms. The number of nitrogens with one attached hydrogen (secondary N) is 1. The van der Waals surface area contributed by atoms with Crippen molar-refractivity contribution in [2.24, 2.45) is 0 Å². The third kappa shape index (κ3) is 2.42. The molecule has 0 spiro atoms. The van der Waals surface area contributed by atoms with Crippen LogP contribution in [0.2, 0.25) is 0 Å². The molecule has 4 heteroatoms. The Bertz CT molecular complexity index is 678. The maximum atomic E-state index is 5.65. The van der Waals surface area contributed by atoms with Gasteiger partial charge in [-0.1, -0.05) is 25.1 Å². The number of para-hydroxylation sites is 1. The number of furan rings is 1. The number of rotatable bonds is 5. The Kier molecular flexibility index (Phi) is 3.74. The molecular weight excluding hydrogens is 250 g/mol. The summed E-state index contributed by atoms with van der Waals surface area (Å²) in [6, 6.07) is 8.13. The monoisotopic (exact) mass is 267 g/mol. The molecule has 1 N–H and O–H groups in total. The van der Waals surface area contributed by atoms with Crippen molar-refractivity contribution in [1.82, 2.24) is 15.3 Å². The van der Waals surface area contributed by atoms with E-state index >= 15 is 0 Å². The van der Waals surface area contributed by atoms with Crippen LogP contribution in [-0.2, 0) is 0 Å². The van der Waals surface area contributed by atoms with Crippen molar-refractivity contribution in [2.75, 3.05) is 6.54 Å². The van der Waals surface area contributed by atoms with Gasteiger partial charge in [0, 0.05) is 28.9 Å². The highest BCUT2D eigenvalue weighted by Crippen LogP contribution is 2.29. The van der Waals surface area contributed by atoms with Gasteiger partial charge in [-0.05, 0) is 19.0 Å². The van der Waals surface area contributed by atoms with E-state index in [9.17, 15) is 0 Å². The molecule has 102 valence electrons. The van der Waals surface area contributed by atoms with E-state index in [-0.39, 0.29) is 6.04 Å². The minimum absolute atomic E-state index is 0.0554. The molecule has 0 aliphatic carbocycles. The smallest absolute Gasteiger partial charge is 0.134 e. The van der Waals surface area contributed by atoms with E-state index in [4.69, 9.17) is 4.42 Å². The van der Waals surface area contributed by atoms with Crippen LogP contribution in [-0.4, -0.2) is 16.5 Å². The minimum atomic E-state index is 0.0554. The van der Waals surface area contributed by atoms with Crippen LogP contribution in [0.1, 0.15) is 30.5 Å². The number of aromatic nitrogens is 2. The first-order valence-electron chi connectivity index (χ1n) is 6.84. The van der Waals surface area contributed by atoms with E-state index < -0.39 is 0 Å². The van der Waals surface area contributed by atoms with Gasteiger partial charge in [0.15, 0.2) is 0 Å². The second kappa shape index (κ2) is 5.84. The predicted octanol–water partition coefficient (Wildman–Crippen LogP) is 3.31. The van der Waals surface area contributed by atoms with Gasteiger partial charge in [-0.2, -0.15) is 0 Å². The Morgan fingerprint density at radius 2 is 2.00 bits per heavy atom. The average Bonchev–Trinajstić information content (AvgIpc) is 2.93. The topological polar surface area (TPSA) is 51.0 Å². The quantitative estimate of drug-likeness (QED) is 0.770. The molecule has 1 unspecified atom stereocenters. The molecule has 2 aromatic heterocycles. The van der Waals surface area contributed by atoms with Gasteiger partial charge in [0.05, 0.1) is 12.3 Å². The van der Waals surface area contributed by atoms with Crippen molar-refractivity contribution >= 4 is 11.0 Å². The third-order valence-corrected chi connectivity index (χ3v) is 3.33. The van der Waals surface area contributed by atoms with Gasteiger partial charge in [0.2, 0.25) is 0 Å². The van der Waals surface area contributed by atoms with Gasteiger partial charge in [0.25, 0.3) is 0 Å². The zero-order valence-electron chi connectivity index (χ0n) is 11.4. The Morgan fingerprint density at radius 3 is 2.80 bits per heavy atom. The van der Waals surface area contributed by atoms with Crippen LogP contribution in [0.4, 0.5) is 0 Å². The van der Waals surface area contributed by atoms with Crippen molar-refractivity contribution < 1.29 is 4.42 Å². The van der Waals surface area contributed by atoms with Crippen molar-refractivity contribution in [3.63, 3.8) is 0 Å². The Morgan fingerprint density at radius 1 is 1.20 bits per heavy atom. The number of benzene rings is 1. The summed E-state index contributed by atoms with van der Waals surface area (Å²) in [5.41, 5.74) is 3.08. The minimum Gasteiger partial charge on any atom is -0.464 e. The van der Waals surface area contributed by atoms with Gasteiger partial charge in [-0.15, -0.1) is 0 Å². The van der Waals surface area contributed by atoms with Crippen LogP contribution in [0, 0.1) is 0 Å². The maximum absolute atomic E-state index is 5.65. The lowest BCUT2D eigenvalue weighted by molar-refractivity contribution is 0.570. The molecule has 0 amide bonds. The molecule has 0 radical (unpaired) electrons. The molecule has 1 aromatic carbocycles. The summed E-state index contributed by atoms with van der Waals surface area (Å²) in [6.45, 7) is 3.08. The van der Waals surface area contributed by atoms with E-state index in [1.54, 1.807) is 6.33 Å². The summed E-state index contributed by atoms with van der Waals surface area (Å²) < 4.78 is 5.65. The van der Waals surface area contributed by atoms with Crippen molar-refractivity contribution in [3.05, 3.63) is 60.4 Å². The van der Waals surface area contributed by atoms with E-state index in [0.29, 0.717) is 0 Å². The van der Waals surface area contributed by atoms with Crippen molar-refractivity contribution in [3.8, 4) is 0 Å². The summed E-state index contributed by atoms with van der Waals surface area (Å²) in [4.78, 5) is 8.24. The van der Waals surface area contributed by atoms with Gasteiger partial charge in [0.1, 0.15) is 11.9 Å². The molecule has 3 rings (SSSR count). The summed E-state index contributed by atoms with van der Waals surface area (Å²) in [7, 11) is 0. The van der Waals surface area contributed by atoms with Crippen LogP contribution < -0.4 is 5.32 Å². The number of hydrogen-bond donors (Lipinski definition) is 1. The standard InChI is InChI=1S/C16H17N3O/c1-2-7-19-16(12-8-17-11-18-9-12)14-10-20-15-6-4-3-5-13(14)15/h3-6,8-11,16,19H,2,7H2,1H3. The molecule has 4 nitrogen and oxygen atoms in total. The lowest BCUT2D eigenvalue weighted by Gasteiger charge is -2.17. The van der Waals surface area contributed by atoms with Crippen molar-refractivity contribution in [2.45, 2.75) is 19.4 Å². The zero-order chi connectivity index (χ0) is 13.8. The van der Waals surface area contributed by atoms with E-state index in [1.807, 2.05) is 36.9 Å². The molecule has 0 saturated carbocycles. The fourth-order valence-corrected chi connectivity index (χ4v) is 2.38. The van der Waals surface area contributed by atoms with E-state index in [1.165, 1.54) is 0 Å². The fraction of sp³-hybridized carbons (Fsp3) is 0.250. The summed E-state index contributed by atoms with van der Waals surface area (Å²) in [6.07, 6.45) is 8.14. The lowest BCUT2D eigenvalue weighted by Crippen LogP contribution is -2.23. The first-order valence-corrected chi connectivity index (χ1v) is 6.84. The predicted molar refractivity (Wildman–Crippen MR) is 78.4 cm³/mol. The van der Waals surface area contributed by atoms with Gasteiger partial charge in [-0.3, -0.25) is 0 Å². The van der Waals surface area contributed by atoms with Gasteiger partial charge in [-0.25, -0.2) is 9.97 Å². The van der Waals surface area contributed by atoms with Crippen LogP contribution in [0.5, 0.6) is 0 Å². The number of hydrogen-bond acceptors (Lipinski definition) is 4. The molecular formula is C16H17N3O. The SMILES string of the molecule is CCCNC(c1cncnc1)c1coc2ccccc12. The molecule has 20 heavy (non-hydrogen) atoms. The van der Waals surface area contributed by atoms with E-state index in [2.05, 4.69) is 28.3 Å². The van der Waals surface area contributed by atoms with Crippen LogP contribution in [0.3, 0.4) is 0 Å². The molecule has 0 saturated heterocycles. The second-order valence-corrected chi connectivity index (χ2v) is 4.75. The fourth-order valence-electron chi connectivity index (χ4n) is 2.38. The van der Waals surface area contributed by atoms with Crippen molar-refractivity contribution in [1.29, 1.82) is 0 Å². The maximum Gasteiger partial charge on any atom is 0.134 e. The Labute approximate surface area is 117 Å². The molecule has 1 atom stereocenters. The second-order valence-electron chi connectivity index (χ2n) is 4.75. The van der Waals surface area contributed by atoms with Gasteiger partial charge < -0.3 is 9.73 Å². The molecule has 0 aliphatic rings. The normalized spacial score (nSPS) is 12.7. The molecule has 2 heterocycles. The van der Waals surface area contributed by atoms with Gasteiger partial charge >= 0.3 is 0 Å². The first kappa shape index (κ1) is 12.8. The van der Waals surface area contributed by atoms with Crippen LogP contribution in [0.25, 0.3) is 11.0 Å². The largest absolute Gasteiger partial charge is 0.464 e. The zero-order valence-corrected chi connectivity index (χ0v) is 11.4. The summed E-state index contributed by atoms with van der Waals surface area (Å²) >= 11 is 0. The lowest BCUT2D eigenvalue weighted by atomic mass is 10.0. The Hall–Kier alpha value is -2.20. The molecule has 0 aliphatic heterocycles. The molecule has 3 aromatic rings. The highest BCUT2D eigenvalue weighted by Gasteiger charge is 2.18. The third-order valence-electron chi connectivity index (χ3n) is 3.33. The first-order chi connectivity index (χ1) is 9.90. The number of nitrogens with zero attached hydrogens (tertiary/aromatic N) is 2. The summed E-state index contributed by atoms with van der Waals surface area (Å²) in [5.74, 6) is 0. The highest BCUT2D eigenvalue weighted by molar-refractivity contribution is 5.81. The Balaban J connectivity index is 2.05. The van der Waals surface area contributed by atoms with Crippen LogP contribution in [0.15, 0.2) is 53.7 Å². The van der Waals surface area contributed by atoms with Crippen LogP contribution >= 0.6 is 0 Å². The number of fused-ring (bicyclic) bond motifs is 1. The van der Waals surface area contributed by atoms with E-state index in [0.717, 1.165) is 35.1 Å².